The Bertz CT molecular complexity index is 773. The van der Waals surface area contributed by atoms with E-state index in [1.807, 2.05) is 0 Å². The molecule has 1 atom stereocenters. The number of para-hydroxylation sites is 1. The maximum absolute atomic E-state index is 12.4. The van der Waals surface area contributed by atoms with Gasteiger partial charge >= 0.3 is 5.97 Å². The average molecular weight is 361 g/mol. The number of rotatable bonds is 10. The van der Waals surface area contributed by atoms with E-state index in [-0.39, 0.29) is 31.1 Å². The van der Waals surface area contributed by atoms with Crippen molar-refractivity contribution in [2.75, 3.05) is 13.2 Å². The van der Waals surface area contributed by atoms with Gasteiger partial charge in [-0.2, -0.15) is 4.98 Å². The zero-order chi connectivity index (χ0) is 18.9. The van der Waals surface area contributed by atoms with Crippen LogP contribution in [0.1, 0.15) is 22.1 Å². The summed E-state index contributed by atoms with van der Waals surface area (Å²) >= 11 is 0. The van der Waals surface area contributed by atoms with Crippen molar-refractivity contribution < 1.29 is 28.7 Å². The minimum atomic E-state index is -1.21. The predicted octanol–water partition coefficient (Wildman–Crippen LogP) is 1.34. The van der Waals surface area contributed by atoms with Gasteiger partial charge in [0.25, 0.3) is 5.91 Å². The Morgan fingerprint density at radius 3 is 2.85 bits per heavy atom. The van der Waals surface area contributed by atoms with Crippen LogP contribution in [0, 0.1) is 6.92 Å². The molecule has 1 aromatic heterocycles. The molecule has 9 heteroatoms. The molecule has 1 unspecified atom stereocenters. The summed E-state index contributed by atoms with van der Waals surface area (Å²) in [4.78, 5) is 27.7. The largest absolute Gasteiger partial charge is 0.485 e. The van der Waals surface area contributed by atoms with E-state index in [9.17, 15) is 14.7 Å². The zero-order valence-electron chi connectivity index (χ0n) is 14.2. The van der Waals surface area contributed by atoms with Crippen molar-refractivity contribution in [3.05, 3.63) is 54.2 Å². The van der Waals surface area contributed by atoms with E-state index in [2.05, 4.69) is 22.0 Å². The number of ether oxygens (including phenoxy) is 2. The maximum Gasteiger partial charge on any atom is 0.328 e. The van der Waals surface area contributed by atoms with E-state index >= 15 is 0 Å². The highest BCUT2D eigenvalue weighted by molar-refractivity contribution is 5.98. The molecule has 0 bridgehead atoms. The Labute approximate surface area is 149 Å². The highest BCUT2D eigenvalue weighted by atomic mass is 16.5. The lowest BCUT2D eigenvalue weighted by Gasteiger charge is -2.16. The van der Waals surface area contributed by atoms with Crippen molar-refractivity contribution >= 4 is 11.9 Å². The number of carboxylic acid groups (broad SMARTS) is 1. The smallest absolute Gasteiger partial charge is 0.328 e. The third-order valence-electron chi connectivity index (χ3n) is 3.18. The van der Waals surface area contributed by atoms with E-state index in [0.717, 1.165) is 0 Å². The van der Waals surface area contributed by atoms with Crippen molar-refractivity contribution in [3.63, 3.8) is 0 Å². The van der Waals surface area contributed by atoms with E-state index in [1.165, 1.54) is 12.1 Å². The van der Waals surface area contributed by atoms with Gasteiger partial charge in [-0.15, -0.1) is 6.58 Å². The third-order valence-corrected chi connectivity index (χ3v) is 3.18. The Morgan fingerprint density at radius 1 is 1.42 bits per heavy atom. The Hall–Kier alpha value is -3.20. The summed E-state index contributed by atoms with van der Waals surface area (Å²) in [6.45, 7) is 5.14. The van der Waals surface area contributed by atoms with E-state index in [4.69, 9.17) is 14.0 Å². The summed E-state index contributed by atoms with van der Waals surface area (Å²) in [5, 5.41) is 15.3. The van der Waals surface area contributed by atoms with Gasteiger partial charge in [0.15, 0.2) is 12.6 Å². The average Bonchev–Trinajstić information content (AvgIpc) is 3.04. The number of nitrogens with zero attached hydrogens (tertiary/aromatic N) is 2. The fourth-order valence-corrected chi connectivity index (χ4v) is 2.00. The van der Waals surface area contributed by atoms with Crippen LogP contribution in [0.25, 0.3) is 0 Å². The van der Waals surface area contributed by atoms with Gasteiger partial charge in [-0.3, -0.25) is 4.79 Å². The number of carboxylic acids is 1. The lowest BCUT2D eigenvalue weighted by atomic mass is 10.1. The number of hydrogen-bond acceptors (Lipinski definition) is 7. The van der Waals surface area contributed by atoms with Gasteiger partial charge in [-0.25, -0.2) is 4.79 Å². The van der Waals surface area contributed by atoms with Crippen LogP contribution in [-0.2, 0) is 16.1 Å². The molecule has 0 spiro atoms. The molecule has 0 aliphatic carbocycles. The van der Waals surface area contributed by atoms with Crippen LogP contribution in [0.15, 0.2) is 41.4 Å². The fraction of sp³-hybridized carbons (Fsp3) is 0.294. The summed E-state index contributed by atoms with van der Waals surface area (Å²) in [7, 11) is 0. The molecule has 0 saturated carbocycles. The lowest BCUT2D eigenvalue weighted by molar-refractivity contribution is -0.140. The molecule has 0 aliphatic heterocycles. The van der Waals surface area contributed by atoms with Crippen molar-refractivity contribution in [2.24, 2.45) is 0 Å². The van der Waals surface area contributed by atoms with E-state index < -0.39 is 17.9 Å². The number of carbonyl (C=O) groups excluding carboxylic acids is 1. The van der Waals surface area contributed by atoms with Gasteiger partial charge in [0.05, 0.1) is 18.8 Å². The highest BCUT2D eigenvalue weighted by Gasteiger charge is 2.22. The molecule has 0 fully saturated rings. The first kappa shape index (κ1) is 19.1. The molecule has 26 heavy (non-hydrogen) atoms. The highest BCUT2D eigenvalue weighted by Crippen LogP contribution is 2.19. The molecule has 138 valence electrons. The molecular formula is C17H19N3O6. The van der Waals surface area contributed by atoms with Crippen LogP contribution in [0.3, 0.4) is 0 Å². The van der Waals surface area contributed by atoms with Crippen molar-refractivity contribution in [1.29, 1.82) is 0 Å². The monoisotopic (exact) mass is 361 g/mol. The normalized spacial score (nSPS) is 11.6. The number of nitrogens with one attached hydrogen (secondary N) is 1. The predicted molar refractivity (Wildman–Crippen MR) is 89.7 cm³/mol. The van der Waals surface area contributed by atoms with Crippen LogP contribution < -0.4 is 10.1 Å². The lowest BCUT2D eigenvalue weighted by Crippen LogP contribution is -2.44. The molecule has 2 rings (SSSR count). The number of carbonyl (C=O) groups is 2. The fourth-order valence-electron chi connectivity index (χ4n) is 2.00. The Morgan fingerprint density at radius 2 is 2.19 bits per heavy atom. The number of aryl methyl sites for hydroxylation is 1. The second-order valence-corrected chi connectivity index (χ2v) is 5.20. The van der Waals surface area contributed by atoms with Crippen molar-refractivity contribution in [2.45, 2.75) is 19.6 Å². The van der Waals surface area contributed by atoms with E-state index in [1.54, 1.807) is 25.1 Å². The molecule has 9 nitrogen and oxygen atoms in total. The standard InChI is InChI=1S/C17H19N3O6/c1-3-8-24-9-13(17(22)23)19-16(21)12-6-4-5-7-14(12)25-10-15-18-11(2)26-20-15/h3-7,13H,1,8-10H2,2H3,(H,19,21)(H,22,23). The first-order valence-electron chi connectivity index (χ1n) is 7.74. The van der Waals surface area contributed by atoms with Crippen LogP contribution in [-0.4, -0.2) is 46.4 Å². The minimum absolute atomic E-state index is 0.00639. The number of aliphatic carboxylic acids is 1. The number of aromatic nitrogens is 2. The summed E-state index contributed by atoms with van der Waals surface area (Å²) in [6.07, 6.45) is 1.49. The number of benzene rings is 1. The molecule has 2 N–H and O–H groups in total. The molecule has 1 aromatic carbocycles. The molecule has 1 heterocycles. The molecule has 0 aliphatic rings. The van der Waals surface area contributed by atoms with Gasteiger partial charge in [-0.05, 0) is 12.1 Å². The van der Waals surface area contributed by atoms with Crippen LogP contribution in [0.4, 0.5) is 0 Å². The van der Waals surface area contributed by atoms with Crippen LogP contribution >= 0.6 is 0 Å². The van der Waals surface area contributed by atoms with Gasteiger partial charge < -0.3 is 24.4 Å². The Balaban J connectivity index is 2.05. The summed E-state index contributed by atoms with van der Waals surface area (Å²) < 4.78 is 15.5. The second kappa shape index (κ2) is 9.33. The molecular weight excluding hydrogens is 342 g/mol. The third kappa shape index (κ3) is 5.42. The first-order chi connectivity index (χ1) is 12.5. The topological polar surface area (TPSA) is 124 Å². The number of hydrogen-bond donors (Lipinski definition) is 2. The van der Waals surface area contributed by atoms with Gasteiger partial charge in [0.1, 0.15) is 5.75 Å². The second-order valence-electron chi connectivity index (χ2n) is 5.20. The Kier molecular flexibility index (Phi) is 6.86. The van der Waals surface area contributed by atoms with Crippen molar-refractivity contribution in [3.8, 4) is 5.75 Å². The van der Waals surface area contributed by atoms with Gasteiger partial charge in [0, 0.05) is 6.92 Å². The summed E-state index contributed by atoms with van der Waals surface area (Å²) in [5.41, 5.74) is 0.183. The van der Waals surface area contributed by atoms with Gasteiger partial charge in [-0.1, -0.05) is 23.4 Å². The van der Waals surface area contributed by atoms with Gasteiger partial charge in [0.2, 0.25) is 11.7 Å². The summed E-state index contributed by atoms with van der Waals surface area (Å²) in [5.74, 6) is -0.802. The van der Waals surface area contributed by atoms with Crippen LogP contribution in [0.2, 0.25) is 0 Å². The maximum atomic E-state index is 12.4. The summed E-state index contributed by atoms with van der Waals surface area (Å²) in [6, 6.07) is 5.25. The van der Waals surface area contributed by atoms with E-state index in [0.29, 0.717) is 11.7 Å². The van der Waals surface area contributed by atoms with Crippen LogP contribution in [0.5, 0.6) is 5.75 Å². The quantitative estimate of drug-likeness (QED) is 0.480. The number of amides is 1. The molecule has 2 aromatic rings. The first-order valence-corrected chi connectivity index (χ1v) is 7.74. The minimum Gasteiger partial charge on any atom is -0.485 e. The molecule has 0 radical (unpaired) electrons. The molecule has 1 amide bonds. The van der Waals surface area contributed by atoms with Crippen molar-refractivity contribution in [1.82, 2.24) is 15.5 Å². The molecule has 0 saturated heterocycles. The SMILES string of the molecule is C=CCOCC(NC(=O)c1ccccc1OCc1noc(C)n1)C(=O)O. The zero-order valence-corrected chi connectivity index (χ0v) is 14.2.